The van der Waals surface area contributed by atoms with Crippen LogP contribution < -0.4 is 0 Å². The summed E-state index contributed by atoms with van der Waals surface area (Å²) in [5.74, 6) is -0.389. The number of nitrogens with one attached hydrogen (secondary N) is 1. The lowest BCUT2D eigenvalue weighted by atomic mass is 10.1. The minimum atomic E-state index is -0.527. The SMILES string of the molecule is CCOC(=O)c1c(CC(C)O)n[nH]c1C. The third kappa shape index (κ3) is 2.79. The van der Waals surface area contributed by atoms with E-state index < -0.39 is 6.10 Å². The number of hydrogen-bond acceptors (Lipinski definition) is 4. The average Bonchev–Trinajstić information content (AvgIpc) is 2.46. The Hall–Kier alpha value is -1.36. The highest BCUT2D eigenvalue weighted by Crippen LogP contribution is 2.13. The molecule has 1 rings (SSSR count). The zero-order chi connectivity index (χ0) is 11.4. The van der Waals surface area contributed by atoms with Crippen LogP contribution in [-0.4, -0.2) is 34.0 Å². The highest BCUT2D eigenvalue weighted by molar-refractivity contribution is 5.91. The van der Waals surface area contributed by atoms with E-state index in [9.17, 15) is 9.90 Å². The number of aliphatic hydroxyl groups is 1. The van der Waals surface area contributed by atoms with Crippen LogP contribution in [0, 0.1) is 6.92 Å². The van der Waals surface area contributed by atoms with Gasteiger partial charge in [0.05, 0.1) is 18.4 Å². The summed E-state index contributed by atoms with van der Waals surface area (Å²) in [5.41, 5.74) is 1.67. The van der Waals surface area contributed by atoms with Gasteiger partial charge in [0.25, 0.3) is 0 Å². The first-order valence-electron chi connectivity index (χ1n) is 4.95. The van der Waals surface area contributed by atoms with Crippen molar-refractivity contribution in [1.29, 1.82) is 0 Å². The van der Waals surface area contributed by atoms with Crippen molar-refractivity contribution in [1.82, 2.24) is 10.2 Å². The van der Waals surface area contributed by atoms with Crippen LogP contribution in [0.5, 0.6) is 0 Å². The molecule has 1 heterocycles. The van der Waals surface area contributed by atoms with Gasteiger partial charge in [0.15, 0.2) is 0 Å². The van der Waals surface area contributed by atoms with Gasteiger partial charge in [-0.1, -0.05) is 0 Å². The molecular weight excluding hydrogens is 196 g/mol. The van der Waals surface area contributed by atoms with Crippen molar-refractivity contribution in [2.45, 2.75) is 33.3 Å². The second kappa shape index (κ2) is 4.93. The molecule has 1 aromatic rings. The number of rotatable bonds is 4. The minimum Gasteiger partial charge on any atom is -0.462 e. The zero-order valence-electron chi connectivity index (χ0n) is 9.20. The van der Waals surface area contributed by atoms with E-state index in [4.69, 9.17) is 4.74 Å². The summed E-state index contributed by atoms with van der Waals surface area (Å²) in [5, 5.41) is 15.9. The molecule has 0 saturated heterocycles. The number of carbonyl (C=O) groups excluding carboxylic acids is 1. The molecule has 1 aromatic heterocycles. The summed E-state index contributed by atoms with van der Waals surface area (Å²) in [6.07, 6.45) is -0.181. The fourth-order valence-electron chi connectivity index (χ4n) is 1.38. The van der Waals surface area contributed by atoms with E-state index >= 15 is 0 Å². The van der Waals surface area contributed by atoms with Crippen molar-refractivity contribution in [3.8, 4) is 0 Å². The van der Waals surface area contributed by atoms with Crippen molar-refractivity contribution in [3.05, 3.63) is 17.0 Å². The molecule has 0 aromatic carbocycles. The Morgan fingerprint density at radius 2 is 2.33 bits per heavy atom. The Morgan fingerprint density at radius 3 is 2.87 bits per heavy atom. The van der Waals surface area contributed by atoms with Crippen LogP contribution in [0.2, 0.25) is 0 Å². The fraction of sp³-hybridized carbons (Fsp3) is 0.600. The highest BCUT2D eigenvalue weighted by Gasteiger charge is 2.19. The van der Waals surface area contributed by atoms with Gasteiger partial charge in [-0.25, -0.2) is 4.79 Å². The van der Waals surface area contributed by atoms with E-state index in [1.807, 2.05) is 0 Å². The quantitative estimate of drug-likeness (QED) is 0.724. The Balaban J connectivity index is 2.93. The van der Waals surface area contributed by atoms with Crippen molar-refractivity contribution in [3.63, 3.8) is 0 Å². The lowest BCUT2D eigenvalue weighted by Gasteiger charge is -2.04. The maximum atomic E-state index is 11.6. The van der Waals surface area contributed by atoms with Crippen molar-refractivity contribution in [2.75, 3.05) is 6.61 Å². The minimum absolute atomic E-state index is 0.331. The third-order valence-corrected chi connectivity index (χ3v) is 1.99. The standard InChI is InChI=1S/C10H16N2O3/c1-4-15-10(14)9-7(3)11-12-8(9)5-6(2)13/h6,13H,4-5H2,1-3H3,(H,11,12). The third-order valence-electron chi connectivity index (χ3n) is 1.99. The molecule has 0 fully saturated rings. The van der Waals surface area contributed by atoms with E-state index in [1.165, 1.54) is 0 Å². The second-order valence-corrected chi connectivity index (χ2v) is 3.44. The van der Waals surface area contributed by atoms with Gasteiger partial charge in [-0.05, 0) is 20.8 Å². The summed E-state index contributed by atoms with van der Waals surface area (Å²) >= 11 is 0. The molecule has 0 spiro atoms. The summed E-state index contributed by atoms with van der Waals surface area (Å²) < 4.78 is 4.91. The molecule has 2 N–H and O–H groups in total. The van der Waals surface area contributed by atoms with Crippen molar-refractivity contribution in [2.24, 2.45) is 0 Å². The van der Waals surface area contributed by atoms with Crippen molar-refractivity contribution >= 4 is 5.97 Å². The molecular formula is C10H16N2O3. The van der Waals surface area contributed by atoms with E-state index in [0.29, 0.717) is 30.0 Å². The summed E-state index contributed by atoms with van der Waals surface area (Å²) in [7, 11) is 0. The molecule has 0 saturated carbocycles. The maximum Gasteiger partial charge on any atom is 0.341 e. The Labute approximate surface area is 88.5 Å². The molecule has 0 amide bonds. The maximum absolute atomic E-state index is 11.6. The lowest BCUT2D eigenvalue weighted by molar-refractivity contribution is 0.0523. The molecule has 0 radical (unpaired) electrons. The first kappa shape index (κ1) is 11.7. The summed E-state index contributed by atoms with van der Waals surface area (Å²) in [4.78, 5) is 11.6. The number of aliphatic hydroxyl groups excluding tert-OH is 1. The largest absolute Gasteiger partial charge is 0.462 e. The van der Waals surface area contributed by atoms with Gasteiger partial charge in [-0.2, -0.15) is 5.10 Å². The van der Waals surface area contributed by atoms with Crippen LogP contribution in [0.15, 0.2) is 0 Å². The number of esters is 1. The zero-order valence-corrected chi connectivity index (χ0v) is 9.20. The number of aromatic amines is 1. The summed E-state index contributed by atoms with van der Waals surface area (Å²) in [6, 6.07) is 0. The second-order valence-electron chi connectivity index (χ2n) is 3.44. The van der Waals surface area contributed by atoms with Gasteiger partial charge < -0.3 is 9.84 Å². The predicted octanol–water partition coefficient (Wildman–Crippen LogP) is 0.818. The fourth-order valence-corrected chi connectivity index (χ4v) is 1.38. The van der Waals surface area contributed by atoms with Crippen LogP contribution in [0.4, 0.5) is 0 Å². The van der Waals surface area contributed by atoms with Crippen LogP contribution in [0.25, 0.3) is 0 Å². The molecule has 5 nitrogen and oxygen atoms in total. The molecule has 84 valence electrons. The predicted molar refractivity (Wildman–Crippen MR) is 54.7 cm³/mol. The molecule has 0 aliphatic carbocycles. The topological polar surface area (TPSA) is 75.2 Å². The Kier molecular flexibility index (Phi) is 3.85. The van der Waals surface area contributed by atoms with Crippen molar-refractivity contribution < 1.29 is 14.6 Å². The first-order valence-corrected chi connectivity index (χ1v) is 4.95. The van der Waals surface area contributed by atoms with Gasteiger partial charge in [-0.15, -0.1) is 0 Å². The lowest BCUT2D eigenvalue weighted by Crippen LogP contribution is -2.12. The van der Waals surface area contributed by atoms with E-state index in [-0.39, 0.29) is 5.97 Å². The van der Waals surface area contributed by atoms with Gasteiger partial charge >= 0.3 is 5.97 Å². The Bertz CT molecular complexity index is 344. The highest BCUT2D eigenvalue weighted by atomic mass is 16.5. The number of H-pyrrole nitrogens is 1. The van der Waals surface area contributed by atoms with Crippen LogP contribution in [-0.2, 0) is 11.2 Å². The molecule has 1 unspecified atom stereocenters. The molecule has 0 aliphatic rings. The van der Waals surface area contributed by atoms with E-state index in [2.05, 4.69) is 10.2 Å². The summed E-state index contributed by atoms with van der Waals surface area (Å²) in [6.45, 7) is 5.49. The molecule has 1 atom stereocenters. The normalized spacial score (nSPS) is 12.5. The van der Waals surface area contributed by atoms with E-state index in [1.54, 1.807) is 20.8 Å². The van der Waals surface area contributed by atoms with E-state index in [0.717, 1.165) is 0 Å². The van der Waals surface area contributed by atoms with Crippen LogP contribution in [0.3, 0.4) is 0 Å². The average molecular weight is 212 g/mol. The van der Waals surface area contributed by atoms with Gasteiger partial charge in [0.1, 0.15) is 5.56 Å². The molecule has 5 heteroatoms. The first-order chi connectivity index (χ1) is 7.06. The number of carbonyl (C=O) groups is 1. The monoisotopic (exact) mass is 212 g/mol. The molecule has 0 aliphatic heterocycles. The van der Waals surface area contributed by atoms with Gasteiger partial charge in [0.2, 0.25) is 0 Å². The number of nitrogens with zero attached hydrogens (tertiary/aromatic N) is 1. The Morgan fingerprint density at radius 1 is 1.67 bits per heavy atom. The molecule has 0 bridgehead atoms. The number of ether oxygens (including phenoxy) is 1. The number of aromatic nitrogens is 2. The number of hydrogen-bond donors (Lipinski definition) is 2. The molecule has 15 heavy (non-hydrogen) atoms. The number of aryl methyl sites for hydroxylation is 1. The van der Waals surface area contributed by atoms with Gasteiger partial charge in [0, 0.05) is 12.1 Å². The smallest absolute Gasteiger partial charge is 0.341 e. The van der Waals surface area contributed by atoms with Crippen LogP contribution >= 0.6 is 0 Å². The van der Waals surface area contributed by atoms with Gasteiger partial charge in [-0.3, -0.25) is 5.10 Å². The van der Waals surface area contributed by atoms with Crippen LogP contribution in [0.1, 0.15) is 35.6 Å².